The SMILES string of the molecule is Cc1nn(C)c(CS(=O)(=O)CC(C)(C)N)c1Br. The van der Waals surface area contributed by atoms with Gasteiger partial charge in [0.1, 0.15) is 0 Å². The average molecular weight is 324 g/mol. The van der Waals surface area contributed by atoms with Crippen LogP contribution in [0.3, 0.4) is 0 Å². The molecule has 0 spiro atoms. The van der Waals surface area contributed by atoms with E-state index in [4.69, 9.17) is 5.73 Å². The van der Waals surface area contributed by atoms with Gasteiger partial charge in [0.15, 0.2) is 9.84 Å². The number of sulfone groups is 1. The largest absolute Gasteiger partial charge is 0.325 e. The first-order valence-corrected chi connectivity index (χ1v) is 7.80. The van der Waals surface area contributed by atoms with E-state index in [1.54, 1.807) is 25.6 Å². The lowest BCUT2D eigenvalue weighted by Gasteiger charge is -2.18. The molecule has 0 aliphatic heterocycles. The number of halogens is 1. The molecule has 7 heteroatoms. The Labute approximate surface area is 110 Å². The molecule has 1 aromatic heterocycles. The van der Waals surface area contributed by atoms with E-state index in [0.29, 0.717) is 5.69 Å². The van der Waals surface area contributed by atoms with Crippen LogP contribution in [0, 0.1) is 6.92 Å². The highest BCUT2D eigenvalue weighted by Crippen LogP contribution is 2.23. The molecule has 0 aliphatic rings. The molecule has 1 heterocycles. The molecule has 0 aromatic carbocycles. The first-order chi connectivity index (χ1) is 7.52. The van der Waals surface area contributed by atoms with Crippen LogP contribution < -0.4 is 5.73 Å². The Balaban J connectivity index is 2.99. The van der Waals surface area contributed by atoms with Gasteiger partial charge in [-0.2, -0.15) is 5.10 Å². The lowest BCUT2D eigenvalue weighted by atomic mass is 10.1. The topological polar surface area (TPSA) is 78.0 Å². The van der Waals surface area contributed by atoms with Crippen molar-refractivity contribution < 1.29 is 8.42 Å². The van der Waals surface area contributed by atoms with Crippen molar-refractivity contribution in [2.24, 2.45) is 12.8 Å². The second-order valence-electron chi connectivity index (χ2n) is 4.99. The van der Waals surface area contributed by atoms with Gasteiger partial charge < -0.3 is 5.73 Å². The van der Waals surface area contributed by atoms with E-state index in [2.05, 4.69) is 21.0 Å². The zero-order chi connectivity index (χ0) is 13.4. The van der Waals surface area contributed by atoms with Crippen molar-refractivity contribution in [1.82, 2.24) is 9.78 Å². The van der Waals surface area contributed by atoms with Crippen molar-refractivity contribution >= 4 is 25.8 Å². The van der Waals surface area contributed by atoms with Gasteiger partial charge in [0.25, 0.3) is 0 Å². The molecule has 0 fully saturated rings. The van der Waals surface area contributed by atoms with Crippen molar-refractivity contribution in [1.29, 1.82) is 0 Å². The summed E-state index contributed by atoms with van der Waals surface area (Å²) in [5.41, 5.74) is 6.46. The molecule has 1 aromatic rings. The summed E-state index contributed by atoms with van der Waals surface area (Å²) in [6, 6.07) is 0. The number of hydrogen-bond acceptors (Lipinski definition) is 4. The summed E-state index contributed by atoms with van der Waals surface area (Å²) >= 11 is 3.35. The van der Waals surface area contributed by atoms with E-state index in [1.807, 2.05) is 6.92 Å². The highest BCUT2D eigenvalue weighted by atomic mass is 79.9. The minimum absolute atomic E-state index is 0.0450. The lowest BCUT2D eigenvalue weighted by molar-refractivity contribution is 0.542. The Morgan fingerprint density at radius 1 is 1.47 bits per heavy atom. The number of rotatable bonds is 4. The monoisotopic (exact) mass is 323 g/mol. The normalized spacial score (nSPS) is 13.1. The fourth-order valence-electron chi connectivity index (χ4n) is 1.66. The maximum Gasteiger partial charge on any atom is 0.157 e. The summed E-state index contributed by atoms with van der Waals surface area (Å²) in [6.45, 7) is 5.23. The third-order valence-electron chi connectivity index (χ3n) is 2.21. The van der Waals surface area contributed by atoms with Crippen LogP contribution in [0.15, 0.2) is 4.47 Å². The first-order valence-electron chi connectivity index (χ1n) is 5.19. The molecule has 0 unspecified atom stereocenters. The van der Waals surface area contributed by atoms with Crippen molar-refractivity contribution in [2.75, 3.05) is 5.75 Å². The van der Waals surface area contributed by atoms with Crippen LogP contribution in [-0.2, 0) is 22.6 Å². The van der Waals surface area contributed by atoms with Gasteiger partial charge in [-0.25, -0.2) is 8.42 Å². The van der Waals surface area contributed by atoms with Gasteiger partial charge >= 0.3 is 0 Å². The standard InChI is InChI=1S/C10H18BrN3O2S/c1-7-9(11)8(14(4)13-7)5-17(15,16)6-10(2,3)12/h5-6,12H2,1-4H3. The number of nitrogens with two attached hydrogens (primary N) is 1. The van der Waals surface area contributed by atoms with E-state index in [9.17, 15) is 8.42 Å². The van der Waals surface area contributed by atoms with E-state index in [1.165, 1.54) is 0 Å². The zero-order valence-electron chi connectivity index (χ0n) is 10.5. The minimum Gasteiger partial charge on any atom is -0.325 e. The Kier molecular flexibility index (Phi) is 4.05. The van der Waals surface area contributed by atoms with Gasteiger partial charge in [0.2, 0.25) is 0 Å². The summed E-state index contributed by atoms with van der Waals surface area (Å²) in [5, 5.41) is 4.17. The highest BCUT2D eigenvalue weighted by molar-refractivity contribution is 9.10. The summed E-state index contributed by atoms with van der Waals surface area (Å²) in [6.07, 6.45) is 0. The van der Waals surface area contributed by atoms with Crippen molar-refractivity contribution in [3.05, 3.63) is 15.9 Å². The molecule has 2 N–H and O–H groups in total. The average Bonchev–Trinajstić information content (AvgIpc) is 2.27. The summed E-state index contributed by atoms with van der Waals surface area (Å²) in [7, 11) is -1.51. The Morgan fingerprint density at radius 3 is 2.35 bits per heavy atom. The molecule has 0 amide bonds. The van der Waals surface area contributed by atoms with Gasteiger partial charge in [-0.15, -0.1) is 0 Å². The number of aryl methyl sites for hydroxylation is 2. The third-order valence-corrected chi connectivity index (χ3v) is 5.14. The molecule has 1 rings (SSSR count). The maximum atomic E-state index is 12.0. The van der Waals surface area contributed by atoms with Crippen LogP contribution in [0.25, 0.3) is 0 Å². The molecule has 0 atom stereocenters. The van der Waals surface area contributed by atoms with Crippen LogP contribution in [0.5, 0.6) is 0 Å². The molecule has 0 radical (unpaired) electrons. The van der Waals surface area contributed by atoms with Crippen molar-refractivity contribution in [3.63, 3.8) is 0 Å². The highest BCUT2D eigenvalue weighted by Gasteiger charge is 2.25. The predicted molar refractivity (Wildman–Crippen MR) is 71.4 cm³/mol. The molecular formula is C10H18BrN3O2S. The Morgan fingerprint density at radius 2 is 2.00 bits per heavy atom. The van der Waals surface area contributed by atoms with Gasteiger partial charge in [-0.05, 0) is 36.7 Å². The molecule has 0 saturated carbocycles. The number of aromatic nitrogens is 2. The second-order valence-corrected chi connectivity index (χ2v) is 7.85. The molecule has 0 bridgehead atoms. The molecule has 98 valence electrons. The van der Waals surface area contributed by atoms with Gasteiger partial charge in [-0.3, -0.25) is 4.68 Å². The Hall–Kier alpha value is -0.400. The van der Waals surface area contributed by atoms with Crippen LogP contribution in [0.1, 0.15) is 25.2 Å². The van der Waals surface area contributed by atoms with E-state index in [0.717, 1.165) is 10.2 Å². The lowest BCUT2D eigenvalue weighted by Crippen LogP contribution is -2.40. The number of hydrogen-bond donors (Lipinski definition) is 1. The maximum absolute atomic E-state index is 12.0. The van der Waals surface area contributed by atoms with Gasteiger partial charge in [-0.1, -0.05) is 0 Å². The van der Waals surface area contributed by atoms with Gasteiger partial charge in [0, 0.05) is 12.6 Å². The minimum atomic E-state index is -3.24. The molecule has 17 heavy (non-hydrogen) atoms. The van der Waals surface area contributed by atoms with Crippen LogP contribution >= 0.6 is 15.9 Å². The zero-order valence-corrected chi connectivity index (χ0v) is 12.9. The van der Waals surface area contributed by atoms with Gasteiger partial charge in [0.05, 0.1) is 27.4 Å². The van der Waals surface area contributed by atoms with E-state index >= 15 is 0 Å². The van der Waals surface area contributed by atoms with Crippen molar-refractivity contribution in [3.8, 4) is 0 Å². The second kappa shape index (κ2) is 4.70. The fraction of sp³-hybridized carbons (Fsp3) is 0.700. The van der Waals surface area contributed by atoms with E-state index in [-0.39, 0.29) is 11.5 Å². The first kappa shape index (κ1) is 14.7. The molecule has 0 saturated heterocycles. The number of nitrogens with zero attached hydrogens (tertiary/aromatic N) is 2. The van der Waals surface area contributed by atoms with E-state index < -0.39 is 15.4 Å². The quantitative estimate of drug-likeness (QED) is 0.901. The van der Waals surface area contributed by atoms with Crippen molar-refractivity contribution in [2.45, 2.75) is 32.1 Å². The van der Waals surface area contributed by atoms with Crippen LogP contribution in [-0.4, -0.2) is 29.5 Å². The summed E-state index contributed by atoms with van der Waals surface area (Å²) in [5.74, 6) is -0.0950. The third kappa shape index (κ3) is 4.08. The molecule has 5 nitrogen and oxygen atoms in total. The smallest absolute Gasteiger partial charge is 0.157 e. The summed E-state index contributed by atoms with van der Waals surface area (Å²) in [4.78, 5) is 0. The summed E-state index contributed by atoms with van der Waals surface area (Å²) < 4.78 is 26.3. The fourth-order valence-corrected chi connectivity index (χ4v) is 4.31. The molecular weight excluding hydrogens is 306 g/mol. The van der Waals surface area contributed by atoms with Crippen LogP contribution in [0.2, 0.25) is 0 Å². The Bertz CT molecular complexity index is 514. The van der Waals surface area contributed by atoms with Crippen LogP contribution in [0.4, 0.5) is 0 Å². The molecule has 0 aliphatic carbocycles. The predicted octanol–water partition coefficient (Wildman–Crippen LogP) is 1.14.